The fourth-order valence-electron chi connectivity index (χ4n) is 3.87. The average molecular weight is 589 g/mol. The maximum atomic E-state index is 13.1. The molecule has 0 bridgehead atoms. The highest BCUT2D eigenvalue weighted by Crippen LogP contribution is 2.34. The predicted octanol–water partition coefficient (Wildman–Crippen LogP) is 8.03. The van der Waals surface area contributed by atoms with Crippen LogP contribution in [0.3, 0.4) is 0 Å². The molecule has 6 nitrogen and oxygen atoms in total. The molecule has 0 radical (unpaired) electrons. The highest BCUT2D eigenvalue weighted by atomic mass is 35.5. The number of halogens is 4. The van der Waals surface area contributed by atoms with Crippen LogP contribution < -0.4 is 10.1 Å². The van der Waals surface area contributed by atoms with Gasteiger partial charge >= 0.3 is 6.18 Å². The Morgan fingerprint density at radius 1 is 0.975 bits per heavy atom. The maximum Gasteiger partial charge on any atom is 0.416 e. The van der Waals surface area contributed by atoms with Crippen molar-refractivity contribution in [3.8, 4) is 22.8 Å². The molecule has 3 aromatic carbocycles. The number of hydrogen-bond acceptors (Lipinski definition) is 5. The summed E-state index contributed by atoms with van der Waals surface area (Å²) in [5, 5.41) is 11.6. The Hall–Kier alpha value is -3.50. The highest BCUT2D eigenvalue weighted by molar-refractivity contribution is 7.99. The summed E-state index contributed by atoms with van der Waals surface area (Å²) in [5.41, 5.74) is 1.72. The van der Waals surface area contributed by atoms with Gasteiger partial charge in [-0.1, -0.05) is 68.4 Å². The lowest BCUT2D eigenvalue weighted by molar-refractivity contribution is -0.137. The van der Waals surface area contributed by atoms with Gasteiger partial charge in [0.25, 0.3) is 0 Å². The van der Waals surface area contributed by atoms with Crippen molar-refractivity contribution in [1.29, 1.82) is 0 Å². The van der Waals surface area contributed by atoms with Crippen LogP contribution in [-0.4, -0.2) is 33.0 Å². The number of thioether (sulfide) groups is 1. The van der Waals surface area contributed by atoms with Crippen LogP contribution in [0.5, 0.6) is 5.75 Å². The van der Waals surface area contributed by atoms with E-state index in [2.05, 4.69) is 36.3 Å². The van der Waals surface area contributed by atoms with E-state index < -0.39 is 17.6 Å². The highest BCUT2D eigenvalue weighted by Gasteiger charge is 2.31. The molecule has 1 heterocycles. The number of carbonyl (C=O) groups is 1. The van der Waals surface area contributed by atoms with Crippen molar-refractivity contribution >= 4 is 35.0 Å². The normalized spacial score (nSPS) is 11.9. The molecule has 0 aliphatic rings. The fraction of sp³-hybridized carbons (Fsp3) is 0.276. The van der Waals surface area contributed by atoms with E-state index >= 15 is 0 Å². The van der Waals surface area contributed by atoms with Gasteiger partial charge in [-0.3, -0.25) is 9.36 Å². The van der Waals surface area contributed by atoms with Gasteiger partial charge in [-0.05, 0) is 60.4 Å². The Labute approximate surface area is 239 Å². The standard InChI is InChI=1S/C29H28ClF3N4O2S/c1-5-39-22-13-11-21(12-14-22)37-26(18-6-8-19(9-7-18)28(2,3)4)35-36-27(37)40-17-25(38)34-24-16-20(29(31,32)33)10-15-23(24)30/h6-16H,5,17H2,1-4H3,(H,34,38). The molecule has 4 rings (SSSR count). The van der Waals surface area contributed by atoms with E-state index in [4.69, 9.17) is 16.3 Å². The third kappa shape index (κ3) is 6.98. The first-order valence-corrected chi connectivity index (χ1v) is 13.8. The van der Waals surface area contributed by atoms with Crippen molar-refractivity contribution in [2.24, 2.45) is 0 Å². The van der Waals surface area contributed by atoms with E-state index in [1.165, 1.54) is 5.56 Å². The summed E-state index contributed by atoms with van der Waals surface area (Å²) >= 11 is 7.14. The van der Waals surface area contributed by atoms with Crippen molar-refractivity contribution in [2.75, 3.05) is 17.7 Å². The molecule has 0 spiro atoms. The van der Waals surface area contributed by atoms with E-state index in [0.717, 1.165) is 41.2 Å². The minimum Gasteiger partial charge on any atom is -0.494 e. The van der Waals surface area contributed by atoms with E-state index in [1.807, 2.05) is 60.0 Å². The molecule has 1 amide bonds. The van der Waals surface area contributed by atoms with Crippen molar-refractivity contribution in [3.63, 3.8) is 0 Å². The zero-order valence-electron chi connectivity index (χ0n) is 22.3. The lowest BCUT2D eigenvalue weighted by atomic mass is 9.87. The van der Waals surface area contributed by atoms with Gasteiger partial charge in [0.2, 0.25) is 5.91 Å². The molecule has 0 aliphatic carbocycles. The maximum absolute atomic E-state index is 13.1. The van der Waals surface area contributed by atoms with Gasteiger partial charge in [0.1, 0.15) is 5.75 Å². The Morgan fingerprint density at radius 3 is 2.23 bits per heavy atom. The monoisotopic (exact) mass is 588 g/mol. The summed E-state index contributed by atoms with van der Waals surface area (Å²) in [4.78, 5) is 12.7. The summed E-state index contributed by atoms with van der Waals surface area (Å²) in [6.07, 6.45) is -4.56. The Kier molecular flexibility index (Phi) is 8.80. The smallest absolute Gasteiger partial charge is 0.416 e. The van der Waals surface area contributed by atoms with Gasteiger partial charge in [0.15, 0.2) is 11.0 Å². The van der Waals surface area contributed by atoms with E-state index in [1.54, 1.807) is 0 Å². The number of nitrogens with zero attached hydrogens (tertiary/aromatic N) is 3. The lowest BCUT2D eigenvalue weighted by Gasteiger charge is -2.19. The molecule has 210 valence electrons. The van der Waals surface area contributed by atoms with Crippen molar-refractivity contribution in [2.45, 2.75) is 44.4 Å². The third-order valence-corrected chi connectivity index (χ3v) is 7.21. The number of rotatable bonds is 8. The number of hydrogen-bond donors (Lipinski definition) is 1. The molecule has 11 heteroatoms. The first-order chi connectivity index (χ1) is 18.9. The van der Waals surface area contributed by atoms with Gasteiger partial charge < -0.3 is 10.1 Å². The minimum absolute atomic E-state index is 0.00453. The van der Waals surface area contributed by atoms with Gasteiger partial charge in [0.05, 0.1) is 28.6 Å². The number of alkyl halides is 3. The molecular weight excluding hydrogens is 561 g/mol. The van der Waals surface area contributed by atoms with Crippen LogP contribution in [0.4, 0.5) is 18.9 Å². The largest absolute Gasteiger partial charge is 0.494 e. The van der Waals surface area contributed by atoms with Crippen LogP contribution in [-0.2, 0) is 16.4 Å². The lowest BCUT2D eigenvalue weighted by Crippen LogP contribution is -2.16. The average Bonchev–Trinajstić information content (AvgIpc) is 3.32. The molecule has 0 saturated heterocycles. The topological polar surface area (TPSA) is 69.0 Å². The molecule has 0 saturated carbocycles. The van der Waals surface area contributed by atoms with Crippen LogP contribution in [0.1, 0.15) is 38.8 Å². The Morgan fingerprint density at radius 2 is 1.62 bits per heavy atom. The number of aromatic nitrogens is 3. The number of ether oxygens (including phenoxy) is 1. The van der Waals surface area contributed by atoms with E-state index in [9.17, 15) is 18.0 Å². The molecular formula is C29H28ClF3N4O2S. The zero-order chi connectivity index (χ0) is 29.1. The van der Waals surface area contributed by atoms with Crippen molar-refractivity contribution < 1.29 is 22.7 Å². The summed E-state index contributed by atoms with van der Waals surface area (Å²) < 4.78 is 46.7. The van der Waals surface area contributed by atoms with Gasteiger partial charge in [-0.15, -0.1) is 10.2 Å². The number of carbonyl (C=O) groups excluding carboxylic acids is 1. The molecule has 1 N–H and O–H groups in total. The molecule has 0 aliphatic heterocycles. The summed E-state index contributed by atoms with van der Waals surface area (Å²) in [6, 6.07) is 18.2. The SMILES string of the molecule is CCOc1ccc(-n2c(SCC(=O)Nc3cc(C(F)(F)F)ccc3Cl)nnc2-c2ccc(C(C)(C)C)cc2)cc1. The summed E-state index contributed by atoms with van der Waals surface area (Å²) in [5.74, 6) is 0.615. The van der Waals surface area contributed by atoms with Crippen LogP contribution in [0.2, 0.25) is 5.02 Å². The van der Waals surface area contributed by atoms with E-state index in [-0.39, 0.29) is 21.9 Å². The number of benzene rings is 3. The second-order valence-electron chi connectivity index (χ2n) is 9.93. The van der Waals surface area contributed by atoms with Crippen molar-refractivity contribution in [1.82, 2.24) is 14.8 Å². The Bertz CT molecular complexity index is 1480. The van der Waals surface area contributed by atoms with E-state index in [0.29, 0.717) is 23.3 Å². The molecule has 0 unspecified atom stereocenters. The summed E-state index contributed by atoms with van der Waals surface area (Å²) in [6.45, 7) is 8.84. The Balaban J connectivity index is 1.61. The second kappa shape index (κ2) is 11.9. The van der Waals surface area contributed by atoms with Crippen molar-refractivity contribution in [3.05, 3.63) is 82.9 Å². The fourth-order valence-corrected chi connectivity index (χ4v) is 4.79. The molecule has 40 heavy (non-hydrogen) atoms. The van der Waals surface area contributed by atoms with Crippen LogP contribution in [0.25, 0.3) is 17.1 Å². The minimum atomic E-state index is -4.56. The first-order valence-electron chi connectivity index (χ1n) is 12.5. The van der Waals surface area contributed by atoms with Gasteiger partial charge in [0, 0.05) is 11.3 Å². The van der Waals surface area contributed by atoms with Crippen LogP contribution in [0, 0.1) is 0 Å². The van der Waals surface area contributed by atoms with Crippen LogP contribution >= 0.6 is 23.4 Å². The second-order valence-corrected chi connectivity index (χ2v) is 11.3. The third-order valence-electron chi connectivity index (χ3n) is 5.95. The number of anilines is 1. The number of amides is 1. The quantitative estimate of drug-likeness (QED) is 0.211. The molecule has 0 fully saturated rings. The molecule has 1 aromatic heterocycles. The molecule has 4 aromatic rings. The number of nitrogens with one attached hydrogen (secondary N) is 1. The predicted molar refractivity (Wildman–Crippen MR) is 152 cm³/mol. The van der Waals surface area contributed by atoms with Crippen LogP contribution in [0.15, 0.2) is 71.9 Å². The summed E-state index contributed by atoms with van der Waals surface area (Å²) in [7, 11) is 0. The molecule has 0 atom stereocenters. The first kappa shape index (κ1) is 29.5. The zero-order valence-corrected chi connectivity index (χ0v) is 23.9. The van der Waals surface area contributed by atoms with Gasteiger partial charge in [-0.2, -0.15) is 13.2 Å². The van der Waals surface area contributed by atoms with Gasteiger partial charge in [-0.25, -0.2) is 0 Å².